The lowest BCUT2D eigenvalue weighted by Crippen LogP contribution is -2.37. The number of carbonyl (C=O) groups is 2. The molecule has 0 radical (unpaired) electrons. The number of oxazole rings is 1. The molecule has 0 aliphatic carbocycles. The van der Waals surface area contributed by atoms with Gasteiger partial charge in [0, 0.05) is 36.3 Å². The topological polar surface area (TPSA) is 93.9 Å². The molecule has 3 heterocycles. The minimum Gasteiger partial charge on any atom is -0.446 e. The summed E-state index contributed by atoms with van der Waals surface area (Å²) in [7, 11) is 0. The number of amides is 2. The van der Waals surface area contributed by atoms with E-state index in [2.05, 4.69) is 26.2 Å². The summed E-state index contributed by atoms with van der Waals surface area (Å²) in [6.45, 7) is 2.50. The van der Waals surface area contributed by atoms with Crippen LogP contribution in [0.15, 0.2) is 39.4 Å². The molecular formula is C22H26BrN3O5. The van der Waals surface area contributed by atoms with Gasteiger partial charge in [0.15, 0.2) is 5.69 Å². The third-order valence-electron chi connectivity index (χ3n) is 5.45. The summed E-state index contributed by atoms with van der Waals surface area (Å²) < 4.78 is 17.7. The number of hydrogen-bond acceptors (Lipinski definition) is 6. The van der Waals surface area contributed by atoms with Gasteiger partial charge in [-0.05, 0) is 49.9 Å². The van der Waals surface area contributed by atoms with E-state index in [1.165, 1.54) is 6.26 Å². The van der Waals surface area contributed by atoms with Crippen LogP contribution in [0.25, 0.3) is 0 Å². The van der Waals surface area contributed by atoms with Crippen molar-refractivity contribution in [2.75, 3.05) is 26.3 Å². The Labute approximate surface area is 189 Å². The van der Waals surface area contributed by atoms with E-state index in [1.807, 2.05) is 12.1 Å². The van der Waals surface area contributed by atoms with E-state index in [1.54, 1.807) is 17.0 Å². The number of carbonyl (C=O) groups excluding carboxylic acids is 2. The van der Waals surface area contributed by atoms with E-state index in [-0.39, 0.29) is 36.3 Å². The Morgan fingerprint density at radius 1 is 1.10 bits per heavy atom. The van der Waals surface area contributed by atoms with Crippen molar-refractivity contribution in [3.8, 4) is 0 Å². The molecule has 2 amide bonds. The molecule has 31 heavy (non-hydrogen) atoms. The normalized spacial score (nSPS) is 20.7. The molecule has 2 atom stereocenters. The molecule has 8 nitrogen and oxygen atoms in total. The molecular weight excluding hydrogens is 466 g/mol. The first kappa shape index (κ1) is 22.0. The van der Waals surface area contributed by atoms with Crippen molar-refractivity contribution >= 4 is 27.7 Å². The maximum absolute atomic E-state index is 13.1. The fourth-order valence-electron chi connectivity index (χ4n) is 3.78. The molecule has 1 aromatic carbocycles. The first-order valence-corrected chi connectivity index (χ1v) is 11.4. The molecule has 2 fully saturated rings. The van der Waals surface area contributed by atoms with Crippen LogP contribution in [-0.2, 0) is 16.0 Å². The van der Waals surface area contributed by atoms with Gasteiger partial charge in [0.1, 0.15) is 6.26 Å². The quantitative estimate of drug-likeness (QED) is 0.609. The lowest BCUT2D eigenvalue weighted by molar-refractivity contribution is 0.0487. The summed E-state index contributed by atoms with van der Waals surface area (Å²) in [5.74, 6) is -0.133. The van der Waals surface area contributed by atoms with Crippen molar-refractivity contribution in [2.45, 2.75) is 44.4 Å². The molecule has 166 valence electrons. The lowest BCUT2D eigenvalue weighted by Gasteiger charge is -2.24. The lowest BCUT2D eigenvalue weighted by atomic mass is 10.1. The maximum Gasteiger partial charge on any atom is 0.273 e. The van der Waals surface area contributed by atoms with Crippen LogP contribution in [0.3, 0.4) is 0 Å². The Kier molecular flexibility index (Phi) is 7.37. The smallest absolute Gasteiger partial charge is 0.273 e. The van der Waals surface area contributed by atoms with Gasteiger partial charge in [-0.15, -0.1) is 0 Å². The second-order valence-corrected chi connectivity index (χ2v) is 8.71. The Hall–Kier alpha value is -2.23. The molecule has 2 aliphatic heterocycles. The summed E-state index contributed by atoms with van der Waals surface area (Å²) in [5.41, 5.74) is 0.767. The number of nitrogens with one attached hydrogen (secondary N) is 1. The zero-order chi connectivity index (χ0) is 21.6. The van der Waals surface area contributed by atoms with Gasteiger partial charge in [-0.25, -0.2) is 4.98 Å². The molecule has 4 rings (SSSR count). The van der Waals surface area contributed by atoms with Crippen LogP contribution in [0.4, 0.5) is 0 Å². The van der Waals surface area contributed by atoms with Crippen molar-refractivity contribution in [3.05, 3.63) is 52.1 Å². The van der Waals surface area contributed by atoms with Crippen molar-refractivity contribution in [1.82, 2.24) is 15.2 Å². The van der Waals surface area contributed by atoms with Crippen LogP contribution in [0.2, 0.25) is 0 Å². The summed E-state index contributed by atoms with van der Waals surface area (Å²) in [5, 5.41) is 2.83. The van der Waals surface area contributed by atoms with Crippen molar-refractivity contribution in [1.29, 1.82) is 0 Å². The van der Waals surface area contributed by atoms with Crippen molar-refractivity contribution in [2.24, 2.45) is 0 Å². The van der Waals surface area contributed by atoms with E-state index in [4.69, 9.17) is 13.9 Å². The average molecular weight is 492 g/mol. The van der Waals surface area contributed by atoms with Gasteiger partial charge < -0.3 is 24.1 Å². The predicted octanol–water partition coefficient (Wildman–Crippen LogP) is 3.17. The number of aromatic nitrogens is 1. The minimum atomic E-state index is -0.310. The Bertz CT molecular complexity index is 889. The third kappa shape index (κ3) is 5.93. The SMILES string of the molecule is O=C(NCC1CCCO1)c1coc(CN(CC2CCCO2)C(=O)c2ccc(Br)cc2)n1. The van der Waals surface area contributed by atoms with Gasteiger partial charge >= 0.3 is 0 Å². The fourth-order valence-corrected chi connectivity index (χ4v) is 4.05. The molecule has 1 aromatic heterocycles. The zero-order valence-corrected chi connectivity index (χ0v) is 18.8. The summed E-state index contributed by atoms with van der Waals surface area (Å²) in [4.78, 5) is 31.5. The van der Waals surface area contributed by atoms with E-state index >= 15 is 0 Å². The van der Waals surface area contributed by atoms with Crippen LogP contribution in [0, 0.1) is 0 Å². The molecule has 2 saturated heterocycles. The summed E-state index contributed by atoms with van der Waals surface area (Å²) in [6, 6.07) is 7.21. The molecule has 0 spiro atoms. The second-order valence-electron chi connectivity index (χ2n) is 7.80. The van der Waals surface area contributed by atoms with Gasteiger partial charge in [-0.3, -0.25) is 9.59 Å². The molecule has 1 N–H and O–H groups in total. The summed E-state index contributed by atoms with van der Waals surface area (Å²) >= 11 is 3.39. The third-order valence-corrected chi connectivity index (χ3v) is 5.98. The van der Waals surface area contributed by atoms with Crippen molar-refractivity contribution < 1.29 is 23.5 Å². The minimum absolute atomic E-state index is 0.0106. The van der Waals surface area contributed by atoms with E-state index in [9.17, 15) is 9.59 Å². The highest BCUT2D eigenvalue weighted by molar-refractivity contribution is 9.10. The average Bonchev–Trinajstić information content (AvgIpc) is 3.54. The number of ether oxygens (including phenoxy) is 2. The number of rotatable bonds is 8. The molecule has 2 unspecified atom stereocenters. The maximum atomic E-state index is 13.1. The van der Waals surface area contributed by atoms with Crippen LogP contribution >= 0.6 is 15.9 Å². The zero-order valence-electron chi connectivity index (χ0n) is 17.2. The molecule has 9 heteroatoms. The Morgan fingerprint density at radius 2 is 1.81 bits per heavy atom. The second kappa shape index (κ2) is 10.4. The first-order valence-electron chi connectivity index (χ1n) is 10.6. The highest BCUT2D eigenvalue weighted by Gasteiger charge is 2.26. The standard InChI is InChI=1S/C22H26BrN3O5/c23-16-7-5-15(6-8-16)22(28)26(12-18-4-2-10-30-18)13-20-25-19(14-31-20)21(27)24-11-17-3-1-9-29-17/h5-8,14,17-18H,1-4,9-13H2,(H,24,27). The molecule has 0 saturated carbocycles. The summed E-state index contributed by atoms with van der Waals surface area (Å²) in [6.07, 6.45) is 5.23. The Morgan fingerprint density at radius 3 is 2.48 bits per heavy atom. The van der Waals surface area contributed by atoms with Crippen molar-refractivity contribution in [3.63, 3.8) is 0 Å². The van der Waals surface area contributed by atoms with Crippen LogP contribution in [0.5, 0.6) is 0 Å². The van der Waals surface area contributed by atoms with E-state index in [0.29, 0.717) is 31.2 Å². The van der Waals surface area contributed by atoms with Gasteiger partial charge in [0.2, 0.25) is 5.89 Å². The van der Waals surface area contributed by atoms with Gasteiger partial charge in [-0.1, -0.05) is 15.9 Å². The fraction of sp³-hybridized carbons (Fsp3) is 0.500. The largest absolute Gasteiger partial charge is 0.446 e. The van der Waals surface area contributed by atoms with E-state index in [0.717, 1.165) is 36.8 Å². The van der Waals surface area contributed by atoms with Gasteiger partial charge in [-0.2, -0.15) is 0 Å². The molecule has 2 aliphatic rings. The number of halogens is 1. The van der Waals surface area contributed by atoms with E-state index < -0.39 is 0 Å². The number of hydrogen-bond donors (Lipinski definition) is 1. The monoisotopic (exact) mass is 491 g/mol. The van der Waals surface area contributed by atoms with Crippen LogP contribution < -0.4 is 5.32 Å². The Balaban J connectivity index is 1.41. The predicted molar refractivity (Wildman–Crippen MR) is 116 cm³/mol. The number of benzene rings is 1. The van der Waals surface area contributed by atoms with Gasteiger partial charge in [0.05, 0.1) is 18.8 Å². The van der Waals surface area contributed by atoms with Gasteiger partial charge in [0.25, 0.3) is 11.8 Å². The highest BCUT2D eigenvalue weighted by atomic mass is 79.9. The first-order chi connectivity index (χ1) is 15.1. The molecule has 0 bridgehead atoms. The van der Waals surface area contributed by atoms with Crippen LogP contribution in [0.1, 0.15) is 52.4 Å². The van der Waals surface area contributed by atoms with Crippen LogP contribution in [-0.4, -0.2) is 60.2 Å². The number of nitrogens with zero attached hydrogens (tertiary/aromatic N) is 2. The molecule has 2 aromatic rings. The highest BCUT2D eigenvalue weighted by Crippen LogP contribution is 2.19.